The van der Waals surface area contributed by atoms with Crippen LogP contribution in [0.3, 0.4) is 0 Å². The number of carbonyl (C=O) groups is 1. The van der Waals surface area contributed by atoms with E-state index in [-0.39, 0.29) is 5.69 Å². The largest absolute Gasteiger partial charge is 0.397 e. The Kier molecular flexibility index (Phi) is 3.59. The zero-order chi connectivity index (χ0) is 10.9. The molecule has 3 nitrogen and oxygen atoms in total. The smallest absolute Gasteiger partial charge is 0.281 e. The maximum atomic E-state index is 12.4. The summed E-state index contributed by atoms with van der Waals surface area (Å²) in [4.78, 5) is 14.3. The Labute approximate surface area is 96.8 Å². The molecular formula is C7H4ClF2IN2O. The van der Waals surface area contributed by atoms with Gasteiger partial charge in [-0.05, 0) is 34.2 Å². The lowest BCUT2D eigenvalue weighted by atomic mass is 10.2. The second-order valence-corrected chi connectivity index (χ2v) is 3.86. The number of rotatable bonds is 2. The van der Waals surface area contributed by atoms with Crippen LogP contribution in [0.4, 0.5) is 14.5 Å². The Morgan fingerprint density at radius 2 is 2.21 bits per heavy atom. The van der Waals surface area contributed by atoms with Gasteiger partial charge in [0, 0.05) is 6.20 Å². The highest BCUT2D eigenvalue weighted by molar-refractivity contribution is 14.1. The molecule has 0 aliphatic heterocycles. The highest BCUT2D eigenvalue weighted by atomic mass is 127. The Balaban J connectivity index is 3.45. The zero-order valence-electron chi connectivity index (χ0n) is 6.60. The van der Waals surface area contributed by atoms with E-state index < -0.39 is 22.9 Å². The van der Waals surface area contributed by atoms with Crippen molar-refractivity contribution in [2.24, 2.45) is 0 Å². The Hall–Kier alpha value is -0.500. The van der Waals surface area contributed by atoms with Crippen molar-refractivity contribution in [2.45, 2.75) is 6.43 Å². The fourth-order valence-corrected chi connectivity index (χ4v) is 1.50. The maximum Gasteiger partial charge on any atom is 0.281 e. The molecule has 0 aliphatic carbocycles. The first-order valence-electron chi connectivity index (χ1n) is 3.37. The average molecular weight is 332 g/mol. The first kappa shape index (κ1) is 11.6. The number of alkyl halides is 2. The Morgan fingerprint density at radius 1 is 1.64 bits per heavy atom. The number of nitrogen functional groups attached to an aromatic ring is 1. The van der Waals surface area contributed by atoms with Crippen molar-refractivity contribution in [1.29, 1.82) is 0 Å². The Morgan fingerprint density at radius 3 is 2.64 bits per heavy atom. The van der Waals surface area contributed by atoms with Crippen molar-refractivity contribution in [2.75, 3.05) is 5.73 Å². The van der Waals surface area contributed by atoms with Crippen LogP contribution in [0.15, 0.2) is 6.20 Å². The second kappa shape index (κ2) is 4.35. The number of pyridine rings is 1. The van der Waals surface area contributed by atoms with E-state index >= 15 is 0 Å². The first-order chi connectivity index (χ1) is 6.45. The summed E-state index contributed by atoms with van der Waals surface area (Å²) in [6, 6.07) is 0. The molecule has 0 aliphatic rings. The van der Waals surface area contributed by atoms with Gasteiger partial charge in [-0.15, -0.1) is 0 Å². The number of carbonyl (C=O) groups excluding carboxylic acids is 1. The van der Waals surface area contributed by atoms with E-state index in [1.54, 1.807) is 22.6 Å². The summed E-state index contributed by atoms with van der Waals surface area (Å²) >= 11 is 6.91. The van der Waals surface area contributed by atoms with Crippen LogP contribution in [0.2, 0.25) is 0 Å². The van der Waals surface area contributed by atoms with Crippen molar-refractivity contribution in [3.8, 4) is 0 Å². The van der Waals surface area contributed by atoms with E-state index in [9.17, 15) is 13.6 Å². The third-order valence-corrected chi connectivity index (χ3v) is 2.55. The fraction of sp³-hybridized carbons (Fsp3) is 0.143. The normalized spacial score (nSPS) is 10.6. The van der Waals surface area contributed by atoms with Gasteiger partial charge in [0.15, 0.2) is 0 Å². The lowest BCUT2D eigenvalue weighted by Gasteiger charge is -2.08. The van der Waals surface area contributed by atoms with Gasteiger partial charge in [0.1, 0.15) is 5.69 Å². The standard InChI is InChI=1S/C7H4ClF2IN2O/c8-6(14)3-4(12)2(11)1-13-5(3)7(9)10/h1,7H,(H2,12,13). The SMILES string of the molecule is Nc1c(I)cnc(C(F)F)c1C(=O)Cl. The van der Waals surface area contributed by atoms with Gasteiger partial charge in [-0.25, -0.2) is 8.78 Å². The van der Waals surface area contributed by atoms with Gasteiger partial charge in [0.25, 0.3) is 11.7 Å². The molecule has 0 fully saturated rings. The molecule has 0 saturated carbocycles. The highest BCUT2D eigenvalue weighted by Gasteiger charge is 2.22. The molecule has 0 aromatic carbocycles. The molecule has 1 rings (SSSR count). The molecule has 0 radical (unpaired) electrons. The summed E-state index contributed by atoms with van der Waals surface area (Å²) in [7, 11) is 0. The van der Waals surface area contributed by atoms with Crippen molar-refractivity contribution in [3.63, 3.8) is 0 Å². The molecule has 7 heteroatoms. The second-order valence-electron chi connectivity index (χ2n) is 2.35. The summed E-state index contributed by atoms with van der Waals surface area (Å²) in [5.41, 5.74) is 4.29. The predicted molar refractivity (Wildman–Crippen MR) is 56.5 cm³/mol. The molecule has 1 aromatic rings. The lowest BCUT2D eigenvalue weighted by Crippen LogP contribution is -2.08. The molecule has 76 valence electrons. The quantitative estimate of drug-likeness (QED) is 0.669. The van der Waals surface area contributed by atoms with Crippen LogP contribution in [0.1, 0.15) is 22.5 Å². The van der Waals surface area contributed by atoms with Crippen LogP contribution < -0.4 is 5.73 Å². The molecule has 0 bridgehead atoms. The molecule has 0 atom stereocenters. The van der Waals surface area contributed by atoms with Gasteiger partial charge in [0.2, 0.25) is 0 Å². The van der Waals surface area contributed by atoms with Crippen LogP contribution in [0, 0.1) is 3.57 Å². The van der Waals surface area contributed by atoms with E-state index in [0.717, 1.165) is 0 Å². The third kappa shape index (κ3) is 2.11. The minimum Gasteiger partial charge on any atom is -0.397 e. The van der Waals surface area contributed by atoms with Gasteiger partial charge < -0.3 is 5.73 Å². The number of nitrogens with two attached hydrogens (primary N) is 1. The van der Waals surface area contributed by atoms with Crippen LogP contribution in [-0.2, 0) is 0 Å². The summed E-state index contributed by atoms with van der Waals surface area (Å²) in [6.45, 7) is 0. The topological polar surface area (TPSA) is 56.0 Å². The van der Waals surface area contributed by atoms with Gasteiger partial charge in [0.05, 0.1) is 14.8 Å². The van der Waals surface area contributed by atoms with E-state index in [2.05, 4.69) is 4.98 Å². The average Bonchev–Trinajstić information content (AvgIpc) is 2.08. The first-order valence-corrected chi connectivity index (χ1v) is 4.82. The van der Waals surface area contributed by atoms with Crippen LogP contribution >= 0.6 is 34.2 Å². The fourth-order valence-electron chi connectivity index (χ4n) is 0.890. The number of hydrogen-bond acceptors (Lipinski definition) is 3. The number of anilines is 1. The maximum absolute atomic E-state index is 12.4. The Bertz CT molecular complexity index is 386. The number of halogens is 4. The summed E-state index contributed by atoms with van der Waals surface area (Å²) < 4.78 is 25.1. The molecule has 0 amide bonds. The van der Waals surface area contributed by atoms with E-state index in [1.165, 1.54) is 6.20 Å². The lowest BCUT2D eigenvalue weighted by molar-refractivity contribution is 0.106. The van der Waals surface area contributed by atoms with Gasteiger partial charge in [-0.2, -0.15) is 0 Å². The molecule has 0 saturated heterocycles. The van der Waals surface area contributed by atoms with E-state index in [0.29, 0.717) is 3.57 Å². The highest BCUT2D eigenvalue weighted by Crippen LogP contribution is 2.29. The molecule has 1 aromatic heterocycles. The molecule has 0 unspecified atom stereocenters. The van der Waals surface area contributed by atoms with Crippen molar-refractivity contribution in [1.82, 2.24) is 4.98 Å². The number of aromatic nitrogens is 1. The number of nitrogens with zero attached hydrogens (tertiary/aromatic N) is 1. The zero-order valence-corrected chi connectivity index (χ0v) is 9.51. The molecule has 0 spiro atoms. The monoisotopic (exact) mass is 332 g/mol. The third-order valence-electron chi connectivity index (χ3n) is 1.50. The minimum atomic E-state index is -2.87. The van der Waals surface area contributed by atoms with Gasteiger partial charge in [-0.3, -0.25) is 9.78 Å². The van der Waals surface area contributed by atoms with Crippen molar-refractivity contribution in [3.05, 3.63) is 21.0 Å². The summed E-state index contributed by atoms with van der Waals surface area (Å²) in [6.07, 6.45) is -1.70. The van der Waals surface area contributed by atoms with E-state index in [1.807, 2.05) is 0 Å². The van der Waals surface area contributed by atoms with Crippen LogP contribution in [0.25, 0.3) is 0 Å². The molecular weight excluding hydrogens is 328 g/mol. The molecule has 2 N–H and O–H groups in total. The van der Waals surface area contributed by atoms with E-state index in [4.69, 9.17) is 17.3 Å². The molecule has 14 heavy (non-hydrogen) atoms. The summed E-state index contributed by atoms with van der Waals surface area (Å²) in [5.74, 6) is 0. The van der Waals surface area contributed by atoms with Gasteiger partial charge in [-0.1, -0.05) is 0 Å². The van der Waals surface area contributed by atoms with Crippen molar-refractivity contribution >= 4 is 45.1 Å². The predicted octanol–water partition coefficient (Wildman–Crippen LogP) is 2.59. The minimum absolute atomic E-state index is 0.0594. The van der Waals surface area contributed by atoms with Gasteiger partial charge >= 0.3 is 0 Å². The van der Waals surface area contributed by atoms with Crippen molar-refractivity contribution < 1.29 is 13.6 Å². The van der Waals surface area contributed by atoms with Crippen LogP contribution in [0.5, 0.6) is 0 Å². The van der Waals surface area contributed by atoms with Crippen LogP contribution in [-0.4, -0.2) is 10.2 Å². The number of hydrogen-bond donors (Lipinski definition) is 1. The molecule has 1 heterocycles. The summed E-state index contributed by atoms with van der Waals surface area (Å²) in [5, 5.41) is -1.02.